The summed E-state index contributed by atoms with van der Waals surface area (Å²) in [5, 5.41) is 9.34. The van der Waals surface area contributed by atoms with E-state index < -0.39 is 0 Å². The second-order valence-electron chi connectivity index (χ2n) is 12.8. The molecule has 0 fully saturated rings. The molecule has 5 aromatic heterocycles. The highest BCUT2D eigenvalue weighted by Gasteiger charge is 2.19. The maximum atomic E-state index is 5.12. The Labute approximate surface area is 285 Å². The van der Waals surface area contributed by atoms with Gasteiger partial charge in [0.15, 0.2) is 0 Å². The van der Waals surface area contributed by atoms with Crippen molar-refractivity contribution in [2.24, 2.45) is 0 Å². The second-order valence-corrected chi connectivity index (χ2v) is 12.8. The van der Waals surface area contributed by atoms with Crippen LogP contribution in [-0.4, -0.2) is 29.1 Å². The van der Waals surface area contributed by atoms with Crippen LogP contribution in [-0.2, 0) is 0 Å². The highest BCUT2D eigenvalue weighted by Crippen LogP contribution is 2.39. The van der Waals surface area contributed by atoms with Crippen LogP contribution in [0.4, 0.5) is 0 Å². The van der Waals surface area contributed by atoms with Gasteiger partial charge in [-0.2, -0.15) is 0 Å². The molecule has 0 aliphatic heterocycles. The molecule has 6 aromatic carbocycles. The first kappa shape index (κ1) is 27.1. The molecular formula is C44H26N6. The number of rotatable bonds is 3. The third-order valence-electron chi connectivity index (χ3n) is 9.99. The van der Waals surface area contributed by atoms with Crippen LogP contribution in [0.2, 0.25) is 0 Å². The van der Waals surface area contributed by atoms with Crippen molar-refractivity contribution in [1.29, 1.82) is 0 Å². The summed E-state index contributed by atoms with van der Waals surface area (Å²) in [6.07, 6.45) is 5.57. The molecule has 0 saturated carbocycles. The number of hydrogen-bond acceptors (Lipinski definition) is 4. The van der Waals surface area contributed by atoms with Crippen molar-refractivity contribution in [1.82, 2.24) is 29.1 Å². The maximum absolute atomic E-state index is 5.12. The van der Waals surface area contributed by atoms with Crippen LogP contribution in [0.3, 0.4) is 0 Å². The van der Waals surface area contributed by atoms with Crippen LogP contribution >= 0.6 is 0 Å². The summed E-state index contributed by atoms with van der Waals surface area (Å²) in [7, 11) is 0. The van der Waals surface area contributed by atoms with Gasteiger partial charge in [0.1, 0.15) is 11.5 Å². The van der Waals surface area contributed by atoms with Crippen LogP contribution in [0.5, 0.6) is 0 Å². The SMILES string of the molecule is c1ccc(-n2c3cc(-n4c5cc(-c6cnc7cc8ccccc8cc7n6)ccc5c5cc6ccccc6cc54)ccc3c3cccnc32)nc1. The molecule has 5 heterocycles. The summed E-state index contributed by atoms with van der Waals surface area (Å²) < 4.78 is 4.55. The number of fused-ring (bicyclic) bond motifs is 9. The minimum atomic E-state index is 0.835. The first-order chi connectivity index (χ1) is 24.8. The van der Waals surface area contributed by atoms with Gasteiger partial charge in [0.25, 0.3) is 0 Å². The van der Waals surface area contributed by atoms with Crippen molar-refractivity contribution in [3.05, 3.63) is 158 Å². The summed E-state index contributed by atoms with van der Waals surface area (Å²) in [6.45, 7) is 0. The zero-order chi connectivity index (χ0) is 32.8. The van der Waals surface area contributed by atoms with Gasteiger partial charge in [-0.15, -0.1) is 0 Å². The molecule has 0 bridgehead atoms. The van der Waals surface area contributed by atoms with E-state index in [-0.39, 0.29) is 0 Å². The van der Waals surface area contributed by atoms with Gasteiger partial charge in [-0.3, -0.25) is 9.55 Å². The topological polar surface area (TPSA) is 61.4 Å². The largest absolute Gasteiger partial charge is 0.309 e. The number of hydrogen-bond donors (Lipinski definition) is 0. The van der Waals surface area contributed by atoms with E-state index in [1.807, 2.05) is 42.9 Å². The van der Waals surface area contributed by atoms with Crippen molar-refractivity contribution in [3.8, 4) is 22.8 Å². The monoisotopic (exact) mass is 638 g/mol. The zero-order valence-corrected chi connectivity index (χ0v) is 26.7. The lowest BCUT2D eigenvalue weighted by Gasteiger charge is -2.11. The van der Waals surface area contributed by atoms with E-state index >= 15 is 0 Å². The molecule has 232 valence electrons. The Morgan fingerprint density at radius 3 is 1.92 bits per heavy atom. The number of aromatic nitrogens is 6. The van der Waals surface area contributed by atoms with Crippen LogP contribution in [0.15, 0.2) is 158 Å². The predicted molar refractivity (Wildman–Crippen MR) is 204 cm³/mol. The third-order valence-corrected chi connectivity index (χ3v) is 9.99. The number of benzene rings is 6. The van der Waals surface area contributed by atoms with Gasteiger partial charge < -0.3 is 4.57 Å². The molecule has 11 aromatic rings. The molecule has 0 aliphatic rings. The standard InChI is InChI=1S/C44H26N6/c1-4-11-30-23-41-36(20-27(30)8-1)34-16-14-31(39-26-47-37-21-28-9-2-3-10-29(28)22-38(37)48-39)24-40(34)49(41)32-15-17-33-35-12-7-19-46-44(35)50(42(33)25-32)43-13-5-6-18-45-43/h1-26H. The summed E-state index contributed by atoms with van der Waals surface area (Å²) in [5.41, 5.74) is 8.87. The van der Waals surface area contributed by atoms with Gasteiger partial charge in [-0.25, -0.2) is 15.0 Å². The summed E-state index contributed by atoms with van der Waals surface area (Å²) in [4.78, 5) is 19.5. The van der Waals surface area contributed by atoms with E-state index in [1.54, 1.807) is 0 Å². The second kappa shape index (κ2) is 10.3. The lowest BCUT2D eigenvalue weighted by molar-refractivity contribution is 1.05. The van der Waals surface area contributed by atoms with E-state index in [0.29, 0.717) is 0 Å². The molecular weight excluding hydrogens is 613 g/mol. The van der Waals surface area contributed by atoms with Crippen LogP contribution in [0, 0.1) is 0 Å². The lowest BCUT2D eigenvalue weighted by Crippen LogP contribution is -1.99. The molecule has 0 spiro atoms. The number of nitrogens with zero attached hydrogens (tertiary/aromatic N) is 6. The van der Waals surface area contributed by atoms with Crippen molar-refractivity contribution in [3.63, 3.8) is 0 Å². The van der Waals surface area contributed by atoms with Gasteiger partial charge in [0.2, 0.25) is 0 Å². The molecule has 50 heavy (non-hydrogen) atoms. The molecule has 6 nitrogen and oxygen atoms in total. The van der Waals surface area contributed by atoms with Gasteiger partial charge >= 0.3 is 0 Å². The molecule has 6 heteroatoms. The van der Waals surface area contributed by atoms with Gasteiger partial charge in [0, 0.05) is 45.2 Å². The molecule has 0 atom stereocenters. The summed E-state index contributed by atoms with van der Waals surface area (Å²) in [5.74, 6) is 0.835. The normalized spacial score (nSPS) is 12.0. The Morgan fingerprint density at radius 2 is 1.10 bits per heavy atom. The first-order valence-corrected chi connectivity index (χ1v) is 16.7. The van der Waals surface area contributed by atoms with Crippen molar-refractivity contribution < 1.29 is 0 Å². The van der Waals surface area contributed by atoms with Crippen LogP contribution in [0.25, 0.3) is 99.1 Å². The minimum absolute atomic E-state index is 0.835. The Kier molecular flexibility index (Phi) is 5.57. The average Bonchev–Trinajstić information content (AvgIpc) is 3.67. The highest BCUT2D eigenvalue weighted by molar-refractivity contribution is 6.15. The zero-order valence-electron chi connectivity index (χ0n) is 26.7. The molecule has 0 aliphatic carbocycles. The molecule has 0 unspecified atom stereocenters. The van der Waals surface area contributed by atoms with E-state index in [0.717, 1.165) is 77.5 Å². The van der Waals surface area contributed by atoms with Gasteiger partial charge in [-0.05, 0) is 88.3 Å². The van der Waals surface area contributed by atoms with Crippen molar-refractivity contribution in [2.45, 2.75) is 0 Å². The van der Waals surface area contributed by atoms with Crippen LogP contribution in [0.1, 0.15) is 0 Å². The minimum Gasteiger partial charge on any atom is -0.309 e. The van der Waals surface area contributed by atoms with Crippen LogP contribution < -0.4 is 0 Å². The quantitative estimate of drug-likeness (QED) is 0.181. The van der Waals surface area contributed by atoms with E-state index in [2.05, 4.69) is 124 Å². The molecule has 0 radical (unpaired) electrons. The summed E-state index contributed by atoms with van der Waals surface area (Å²) >= 11 is 0. The highest BCUT2D eigenvalue weighted by atomic mass is 15.1. The van der Waals surface area contributed by atoms with E-state index in [1.165, 1.54) is 21.5 Å². The Balaban J connectivity index is 1.19. The Bertz CT molecular complexity index is 3160. The van der Waals surface area contributed by atoms with Crippen molar-refractivity contribution in [2.75, 3.05) is 0 Å². The number of pyridine rings is 2. The van der Waals surface area contributed by atoms with Crippen molar-refractivity contribution >= 4 is 76.3 Å². The molecule has 11 rings (SSSR count). The third kappa shape index (κ3) is 3.96. The first-order valence-electron chi connectivity index (χ1n) is 16.7. The average molecular weight is 639 g/mol. The molecule has 0 N–H and O–H groups in total. The van der Waals surface area contributed by atoms with Gasteiger partial charge in [0.05, 0.1) is 39.5 Å². The molecule has 0 amide bonds. The van der Waals surface area contributed by atoms with E-state index in [4.69, 9.17) is 19.9 Å². The fourth-order valence-electron chi connectivity index (χ4n) is 7.67. The fourth-order valence-corrected chi connectivity index (χ4v) is 7.67. The predicted octanol–water partition coefficient (Wildman–Crippen LogP) is 10.6. The Hall–Kier alpha value is -6.92. The smallest absolute Gasteiger partial charge is 0.146 e. The van der Waals surface area contributed by atoms with Gasteiger partial charge in [-0.1, -0.05) is 72.8 Å². The lowest BCUT2D eigenvalue weighted by atomic mass is 10.0. The summed E-state index contributed by atoms with van der Waals surface area (Å²) in [6, 6.07) is 49.3. The maximum Gasteiger partial charge on any atom is 0.146 e. The van der Waals surface area contributed by atoms with E-state index in [9.17, 15) is 0 Å². The fraction of sp³-hybridized carbons (Fsp3) is 0. The Morgan fingerprint density at radius 1 is 0.420 bits per heavy atom. The molecule has 0 saturated heterocycles.